The number of piperidine rings is 1. The highest BCUT2D eigenvalue weighted by molar-refractivity contribution is 5.78. The van der Waals surface area contributed by atoms with E-state index in [-0.39, 0.29) is 11.9 Å². The van der Waals surface area contributed by atoms with Crippen molar-refractivity contribution in [2.24, 2.45) is 0 Å². The second kappa shape index (κ2) is 7.99. The normalized spacial score (nSPS) is 21.0. The highest BCUT2D eigenvalue weighted by atomic mass is 16.2. The van der Waals surface area contributed by atoms with Gasteiger partial charge in [0.15, 0.2) is 5.82 Å². The Morgan fingerprint density at radius 3 is 2.65 bits per heavy atom. The van der Waals surface area contributed by atoms with Gasteiger partial charge in [0, 0.05) is 24.6 Å². The van der Waals surface area contributed by atoms with E-state index in [2.05, 4.69) is 37.1 Å². The number of carbonyl (C=O) groups is 1. The molecular weight excluding hydrogens is 326 g/mol. The molecule has 4 rings (SSSR count). The molecule has 6 nitrogen and oxygen atoms in total. The lowest BCUT2D eigenvalue weighted by Crippen LogP contribution is -2.43. The fourth-order valence-electron chi connectivity index (χ4n) is 4.03. The van der Waals surface area contributed by atoms with E-state index >= 15 is 0 Å². The van der Waals surface area contributed by atoms with Gasteiger partial charge in [-0.1, -0.05) is 36.8 Å². The lowest BCUT2D eigenvalue weighted by molar-refractivity contribution is -0.123. The zero-order valence-corrected chi connectivity index (χ0v) is 15.2. The summed E-state index contributed by atoms with van der Waals surface area (Å²) in [4.78, 5) is 14.7. The number of benzene rings is 1. The van der Waals surface area contributed by atoms with Crippen LogP contribution >= 0.6 is 0 Å². The molecule has 1 unspecified atom stereocenters. The predicted molar refractivity (Wildman–Crippen MR) is 101 cm³/mol. The molecule has 0 radical (unpaired) electrons. The summed E-state index contributed by atoms with van der Waals surface area (Å²) in [7, 11) is 0. The van der Waals surface area contributed by atoms with Crippen molar-refractivity contribution in [3.63, 3.8) is 0 Å². The Balaban J connectivity index is 1.36. The third-order valence-corrected chi connectivity index (χ3v) is 5.46. The molecule has 6 heteroatoms. The number of aryl methyl sites for hydroxylation is 1. The van der Waals surface area contributed by atoms with E-state index in [9.17, 15) is 4.79 Å². The van der Waals surface area contributed by atoms with E-state index < -0.39 is 0 Å². The quantitative estimate of drug-likeness (QED) is 0.916. The molecule has 138 valence electrons. The maximum atomic E-state index is 12.4. The molecule has 1 N–H and O–H groups in total. The van der Waals surface area contributed by atoms with Crippen LogP contribution in [0.4, 0.5) is 0 Å². The first-order chi connectivity index (χ1) is 12.8. The number of hydrogen-bond acceptors (Lipinski definition) is 4. The third-order valence-electron chi connectivity index (χ3n) is 5.46. The molecule has 2 aliphatic heterocycles. The number of rotatable bonds is 4. The summed E-state index contributed by atoms with van der Waals surface area (Å²) in [5, 5.41) is 12.0. The largest absolute Gasteiger partial charge is 0.352 e. The molecule has 2 aliphatic rings. The van der Waals surface area contributed by atoms with E-state index in [0.29, 0.717) is 6.54 Å². The molecular formula is C20H27N5O. The first-order valence-corrected chi connectivity index (χ1v) is 9.79. The molecule has 0 aliphatic carbocycles. The number of nitrogens with one attached hydrogen (secondary N) is 1. The van der Waals surface area contributed by atoms with Crippen LogP contribution in [0.25, 0.3) is 11.4 Å². The molecule has 1 aromatic carbocycles. The highest BCUT2D eigenvalue weighted by Gasteiger charge is 2.23. The Kier molecular flexibility index (Phi) is 5.29. The van der Waals surface area contributed by atoms with Gasteiger partial charge >= 0.3 is 0 Å². The van der Waals surface area contributed by atoms with Crippen LogP contribution in [0.5, 0.6) is 0 Å². The molecule has 1 aromatic heterocycles. The summed E-state index contributed by atoms with van der Waals surface area (Å²) in [6, 6.07) is 10.4. The molecule has 3 heterocycles. The summed E-state index contributed by atoms with van der Waals surface area (Å²) in [6.07, 6.45) is 6.44. The molecule has 0 bridgehead atoms. The highest BCUT2D eigenvalue weighted by Crippen LogP contribution is 2.22. The van der Waals surface area contributed by atoms with Crippen LogP contribution in [0.3, 0.4) is 0 Å². The average Bonchev–Trinajstić information content (AvgIpc) is 2.98. The van der Waals surface area contributed by atoms with Crippen molar-refractivity contribution in [1.82, 2.24) is 25.0 Å². The topological polar surface area (TPSA) is 63.1 Å². The summed E-state index contributed by atoms with van der Waals surface area (Å²) in [6.45, 7) is 3.50. The minimum absolute atomic E-state index is 0.165. The number of likely N-dealkylation sites (tertiary alicyclic amines) is 1. The van der Waals surface area contributed by atoms with E-state index in [1.54, 1.807) is 0 Å². The summed E-state index contributed by atoms with van der Waals surface area (Å²) in [5.41, 5.74) is 1.10. The lowest BCUT2D eigenvalue weighted by atomic mass is 10.1. The molecule has 2 aromatic rings. The molecule has 1 saturated heterocycles. The molecule has 26 heavy (non-hydrogen) atoms. The van der Waals surface area contributed by atoms with E-state index in [1.165, 1.54) is 19.3 Å². The third kappa shape index (κ3) is 3.96. The van der Waals surface area contributed by atoms with Gasteiger partial charge in [-0.3, -0.25) is 9.69 Å². The Morgan fingerprint density at radius 1 is 1.04 bits per heavy atom. The summed E-state index contributed by atoms with van der Waals surface area (Å²) >= 11 is 0. The molecule has 0 saturated carbocycles. The van der Waals surface area contributed by atoms with Crippen LogP contribution in [0.1, 0.15) is 37.9 Å². The van der Waals surface area contributed by atoms with Gasteiger partial charge in [0.25, 0.3) is 0 Å². The number of hydrogen-bond donors (Lipinski definition) is 1. The first-order valence-electron chi connectivity index (χ1n) is 9.79. The monoisotopic (exact) mass is 353 g/mol. The Morgan fingerprint density at radius 2 is 1.85 bits per heavy atom. The van der Waals surface area contributed by atoms with Crippen LogP contribution in [-0.4, -0.2) is 51.2 Å². The Bertz CT molecular complexity index is 736. The second-order valence-electron chi connectivity index (χ2n) is 7.39. The van der Waals surface area contributed by atoms with Crippen LogP contribution in [0.2, 0.25) is 0 Å². The number of aromatic nitrogens is 3. The number of amides is 1. The van der Waals surface area contributed by atoms with Gasteiger partial charge in [-0.15, -0.1) is 10.2 Å². The van der Waals surface area contributed by atoms with Crippen molar-refractivity contribution in [2.75, 3.05) is 19.6 Å². The zero-order chi connectivity index (χ0) is 17.8. The van der Waals surface area contributed by atoms with E-state index in [4.69, 9.17) is 0 Å². The van der Waals surface area contributed by atoms with E-state index in [1.807, 2.05) is 18.2 Å². The number of fused-ring (bicyclic) bond motifs is 1. The molecule has 1 fully saturated rings. The SMILES string of the molecule is O=C(CN1CCCCC1)NC1CCc2nnc(-c3ccccc3)n2CC1. The molecule has 0 spiro atoms. The van der Waals surface area contributed by atoms with E-state index in [0.717, 1.165) is 56.1 Å². The van der Waals surface area contributed by atoms with Gasteiger partial charge in [-0.25, -0.2) is 0 Å². The van der Waals surface area contributed by atoms with Crippen LogP contribution in [0.15, 0.2) is 30.3 Å². The minimum atomic E-state index is 0.165. The first kappa shape index (κ1) is 17.2. The lowest BCUT2D eigenvalue weighted by Gasteiger charge is -2.26. The van der Waals surface area contributed by atoms with Gasteiger partial charge in [0.2, 0.25) is 5.91 Å². The summed E-state index contributed by atoms with van der Waals surface area (Å²) in [5.74, 6) is 2.12. The molecule has 1 atom stereocenters. The van der Waals surface area contributed by atoms with Gasteiger partial charge in [-0.05, 0) is 38.8 Å². The van der Waals surface area contributed by atoms with Crippen LogP contribution in [-0.2, 0) is 17.8 Å². The predicted octanol–water partition coefficient (Wildman–Crippen LogP) is 2.25. The van der Waals surface area contributed by atoms with Crippen LogP contribution < -0.4 is 5.32 Å². The van der Waals surface area contributed by atoms with Crippen molar-refractivity contribution in [2.45, 2.75) is 51.1 Å². The van der Waals surface area contributed by atoms with Crippen molar-refractivity contribution >= 4 is 5.91 Å². The van der Waals surface area contributed by atoms with Crippen LogP contribution in [0, 0.1) is 0 Å². The fourth-order valence-corrected chi connectivity index (χ4v) is 4.03. The smallest absolute Gasteiger partial charge is 0.234 e. The molecule has 1 amide bonds. The van der Waals surface area contributed by atoms with Crippen molar-refractivity contribution in [1.29, 1.82) is 0 Å². The minimum Gasteiger partial charge on any atom is -0.352 e. The maximum Gasteiger partial charge on any atom is 0.234 e. The van der Waals surface area contributed by atoms with Crippen molar-refractivity contribution in [3.8, 4) is 11.4 Å². The van der Waals surface area contributed by atoms with Crippen molar-refractivity contribution < 1.29 is 4.79 Å². The standard InChI is InChI=1S/C20H27N5O/c26-19(15-24-12-5-2-6-13-24)21-17-9-10-18-22-23-20(25(18)14-11-17)16-7-3-1-4-8-16/h1,3-4,7-8,17H,2,5-6,9-15H2,(H,21,26). The van der Waals surface area contributed by atoms with Gasteiger partial charge in [-0.2, -0.15) is 0 Å². The second-order valence-corrected chi connectivity index (χ2v) is 7.39. The maximum absolute atomic E-state index is 12.4. The average molecular weight is 353 g/mol. The number of carbonyl (C=O) groups excluding carboxylic acids is 1. The summed E-state index contributed by atoms with van der Waals surface area (Å²) < 4.78 is 2.21. The zero-order valence-electron chi connectivity index (χ0n) is 15.2. The van der Waals surface area contributed by atoms with Gasteiger partial charge < -0.3 is 9.88 Å². The van der Waals surface area contributed by atoms with Gasteiger partial charge in [0.1, 0.15) is 5.82 Å². The Hall–Kier alpha value is -2.21. The Labute approximate surface area is 154 Å². The van der Waals surface area contributed by atoms with Crippen molar-refractivity contribution in [3.05, 3.63) is 36.2 Å². The fraction of sp³-hybridized carbons (Fsp3) is 0.550. The van der Waals surface area contributed by atoms with Gasteiger partial charge in [0.05, 0.1) is 6.54 Å². The number of nitrogens with zero attached hydrogens (tertiary/aromatic N) is 4.